The predicted octanol–water partition coefficient (Wildman–Crippen LogP) is 5.12. The van der Waals surface area contributed by atoms with Crippen molar-refractivity contribution in [2.75, 3.05) is 18.8 Å². The molecule has 1 saturated heterocycles. The number of amides is 2. The number of piperidine rings is 1. The lowest BCUT2D eigenvalue weighted by Gasteiger charge is -2.33. The van der Waals surface area contributed by atoms with Crippen LogP contribution >= 0.6 is 23.2 Å². The van der Waals surface area contributed by atoms with E-state index in [9.17, 15) is 27.0 Å². The number of likely N-dealkylation sites (tertiary alicyclic amines) is 1. The summed E-state index contributed by atoms with van der Waals surface area (Å²) >= 11 is 12.4. The van der Waals surface area contributed by atoms with E-state index >= 15 is 0 Å². The van der Waals surface area contributed by atoms with Crippen LogP contribution in [-0.4, -0.2) is 41.6 Å². The summed E-state index contributed by atoms with van der Waals surface area (Å²) in [5, 5.41) is 5.62. The van der Waals surface area contributed by atoms with E-state index in [2.05, 4.69) is 10.6 Å². The highest BCUT2D eigenvalue weighted by atomic mass is 35.5. The molecule has 6 nitrogen and oxygen atoms in total. The number of benzene rings is 2. The van der Waals surface area contributed by atoms with Crippen LogP contribution in [0.25, 0.3) is 0 Å². The van der Waals surface area contributed by atoms with Crippen LogP contribution in [0.2, 0.25) is 10.0 Å². The molecule has 2 aromatic rings. The molecule has 1 aliphatic heterocycles. The van der Waals surface area contributed by atoms with Gasteiger partial charge in [-0.1, -0.05) is 23.2 Å². The number of alkyl halides is 3. The minimum absolute atomic E-state index is 0.0607. The molecule has 0 bridgehead atoms. The normalized spacial score (nSPS) is 17.3. The molecule has 2 aromatic carbocycles. The van der Waals surface area contributed by atoms with Gasteiger partial charge in [-0.15, -0.1) is 4.21 Å². The van der Waals surface area contributed by atoms with Crippen molar-refractivity contribution in [3.63, 3.8) is 0 Å². The monoisotopic (exact) mass is 578 g/mol. The Morgan fingerprint density at radius 3 is 2.57 bits per heavy atom. The highest BCUT2D eigenvalue weighted by Gasteiger charge is 2.36. The molecule has 0 radical (unpaired) electrons. The third-order valence-electron chi connectivity index (χ3n) is 6.09. The fourth-order valence-corrected chi connectivity index (χ4v) is 5.92. The van der Waals surface area contributed by atoms with Crippen LogP contribution in [0.15, 0.2) is 35.2 Å². The molecule has 37 heavy (non-hydrogen) atoms. The molecule has 2 atom stereocenters. The summed E-state index contributed by atoms with van der Waals surface area (Å²) in [6.45, 7) is 4.00. The highest BCUT2D eigenvalue weighted by molar-refractivity contribution is 7.85. The molecule has 0 saturated carbocycles. The van der Waals surface area contributed by atoms with Gasteiger partial charge in [0.25, 0.3) is 5.91 Å². The summed E-state index contributed by atoms with van der Waals surface area (Å²) in [5.74, 6) is -0.546. The third-order valence-corrected chi connectivity index (χ3v) is 8.21. The van der Waals surface area contributed by atoms with E-state index in [-0.39, 0.29) is 41.2 Å². The number of hydrogen-bond donors (Lipinski definition) is 2. The van der Waals surface area contributed by atoms with Gasteiger partial charge in [0.1, 0.15) is 16.6 Å². The Hall–Kier alpha value is -2.14. The van der Waals surface area contributed by atoms with Gasteiger partial charge in [0.2, 0.25) is 5.91 Å². The first kappa shape index (κ1) is 29.4. The topological polar surface area (TPSA) is 78.5 Å². The van der Waals surface area contributed by atoms with Gasteiger partial charge >= 0.3 is 6.18 Å². The molecule has 12 heteroatoms. The molecule has 2 amide bonds. The molecule has 1 fully saturated rings. The van der Waals surface area contributed by atoms with Crippen molar-refractivity contribution in [2.45, 2.75) is 56.9 Å². The number of carbonyl (C=O) groups excluding carboxylic acids is 2. The van der Waals surface area contributed by atoms with E-state index in [1.165, 1.54) is 13.0 Å². The lowest BCUT2D eigenvalue weighted by atomic mass is 10.00. The second-order valence-corrected chi connectivity index (χ2v) is 11.6. The van der Waals surface area contributed by atoms with Crippen molar-refractivity contribution in [1.29, 1.82) is 0 Å². The lowest BCUT2D eigenvalue weighted by molar-refractivity contribution is -0.138. The van der Waals surface area contributed by atoms with Crippen molar-refractivity contribution in [3.05, 3.63) is 62.6 Å². The SMILES string of the molecule is CC[SH+](=O)c1ccc(Cl)cc1CNC(=O)c1cc(Cl)c(CN2CCCC(NC(C)=O)C2)c(C(F)(F)F)c1. The molecular formula is C25H29Cl2F3N3O3S+. The van der Waals surface area contributed by atoms with Gasteiger partial charge in [-0.3, -0.25) is 14.5 Å². The number of carbonyl (C=O) groups is 2. The first-order chi connectivity index (χ1) is 17.4. The summed E-state index contributed by atoms with van der Waals surface area (Å²) in [6, 6.07) is 6.67. The molecule has 0 aromatic heterocycles. The van der Waals surface area contributed by atoms with Crippen LogP contribution in [0.4, 0.5) is 13.2 Å². The Balaban J connectivity index is 1.83. The van der Waals surface area contributed by atoms with Crippen LogP contribution in [0.3, 0.4) is 0 Å². The van der Waals surface area contributed by atoms with E-state index in [4.69, 9.17) is 23.2 Å². The maximum atomic E-state index is 14.0. The van der Waals surface area contributed by atoms with Crippen molar-refractivity contribution in [3.8, 4) is 0 Å². The maximum absolute atomic E-state index is 14.0. The molecule has 3 rings (SSSR count). The molecule has 0 spiro atoms. The van der Waals surface area contributed by atoms with E-state index in [0.717, 1.165) is 18.9 Å². The number of thiol groups is 1. The van der Waals surface area contributed by atoms with Gasteiger partial charge in [-0.2, -0.15) is 13.2 Å². The second kappa shape index (κ2) is 12.6. The van der Waals surface area contributed by atoms with Crippen LogP contribution in [-0.2, 0) is 39.1 Å². The molecule has 2 unspecified atom stereocenters. The van der Waals surface area contributed by atoms with Crippen molar-refractivity contribution >= 4 is 45.8 Å². The number of halogens is 5. The maximum Gasteiger partial charge on any atom is 0.416 e. The predicted molar refractivity (Wildman–Crippen MR) is 139 cm³/mol. The zero-order valence-electron chi connectivity index (χ0n) is 20.4. The molecule has 1 heterocycles. The Kier molecular flexibility index (Phi) is 10.0. The van der Waals surface area contributed by atoms with Crippen LogP contribution in [0, 0.1) is 0 Å². The molecule has 0 aliphatic carbocycles. The van der Waals surface area contributed by atoms with Gasteiger partial charge in [0, 0.05) is 53.8 Å². The number of rotatable bonds is 8. The molecular weight excluding hydrogens is 550 g/mol. The summed E-state index contributed by atoms with van der Waals surface area (Å²) < 4.78 is 54.5. The van der Waals surface area contributed by atoms with Gasteiger partial charge in [-0.05, 0) is 62.2 Å². The molecule has 202 valence electrons. The minimum atomic E-state index is -4.73. The van der Waals surface area contributed by atoms with Gasteiger partial charge in [-0.25, -0.2) is 0 Å². The van der Waals surface area contributed by atoms with E-state index in [1.807, 2.05) is 4.90 Å². The smallest absolute Gasteiger partial charge is 0.352 e. The zero-order chi connectivity index (χ0) is 27.3. The first-order valence-electron chi connectivity index (χ1n) is 11.8. The summed E-state index contributed by atoms with van der Waals surface area (Å²) in [7, 11) is -1.70. The molecule has 2 N–H and O–H groups in total. The van der Waals surface area contributed by atoms with Crippen LogP contribution in [0.1, 0.15) is 53.7 Å². The average molecular weight is 579 g/mol. The van der Waals surface area contributed by atoms with Crippen LogP contribution < -0.4 is 10.6 Å². The quantitative estimate of drug-likeness (QED) is 0.337. The van der Waals surface area contributed by atoms with Gasteiger partial charge in [0.15, 0.2) is 4.90 Å². The van der Waals surface area contributed by atoms with Crippen molar-refractivity contribution in [1.82, 2.24) is 15.5 Å². The lowest BCUT2D eigenvalue weighted by Crippen LogP contribution is -2.46. The Bertz CT molecular complexity index is 1190. The first-order valence-corrected chi connectivity index (χ1v) is 14.0. The largest absolute Gasteiger partial charge is 0.416 e. The standard InChI is InChI=1S/C25H28Cl2F3N3O3S/c1-3-37(36)23-7-6-18(26)9-17(23)12-31-24(35)16-10-21(25(28,29)30)20(22(27)11-16)14-33-8-4-5-19(13-33)32-15(2)34/h6-7,9-11,19H,3-5,8,12-14H2,1-2H3,(H,31,35)(H,32,34)/p+1. The summed E-state index contributed by atoms with van der Waals surface area (Å²) in [6.07, 6.45) is -3.27. The average Bonchev–Trinajstić information content (AvgIpc) is 2.82. The van der Waals surface area contributed by atoms with Gasteiger partial charge in [0.05, 0.1) is 5.56 Å². The van der Waals surface area contributed by atoms with E-state index in [1.54, 1.807) is 25.1 Å². The minimum Gasteiger partial charge on any atom is -0.352 e. The third kappa shape index (κ3) is 7.92. The number of nitrogens with one attached hydrogen (secondary N) is 2. The zero-order valence-corrected chi connectivity index (χ0v) is 22.8. The second-order valence-electron chi connectivity index (χ2n) is 8.91. The molecule has 1 aliphatic rings. The van der Waals surface area contributed by atoms with Crippen LogP contribution in [0.5, 0.6) is 0 Å². The summed E-state index contributed by atoms with van der Waals surface area (Å²) in [5.41, 5.74) is -0.809. The highest BCUT2D eigenvalue weighted by Crippen LogP contribution is 2.37. The van der Waals surface area contributed by atoms with E-state index in [0.29, 0.717) is 34.3 Å². The fraction of sp³-hybridized carbons (Fsp3) is 0.440. The number of nitrogens with zero attached hydrogens (tertiary/aromatic N) is 1. The Morgan fingerprint density at radius 2 is 1.92 bits per heavy atom. The Morgan fingerprint density at radius 1 is 1.19 bits per heavy atom. The number of hydrogen-bond acceptors (Lipinski definition) is 4. The van der Waals surface area contributed by atoms with Crippen molar-refractivity contribution in [2.24, 2.45) is 0 Å². The fourth-order valence-electron chi connectivity index (χ4n) is 4.40. The van der Waals surface area contributed by atoms with E-state index < -0.39 is 28.4 Å². The van der Waals surface area contributed by atoms with Gasteiger partial charge < -0.3 is 10.6 Å². The summed E-state index contributed by atoms with van der Waals surface area (Å²) in [4.78, 5) is 26.6. The van der Waals surface area contributed by atoms with Crippen molar-refractivity contribution < 1.29 is 27.0 Å². The Labute approximate surface area is 226 Å².